The summed E-state index contributed by atoms with van der Waals surface area (Å²) < 4.78 is 6.28. The molecule has 0 saturated heterocycles. The van der Waals surface area contributed by atoms with E-state index in [1.165, 1.54) is 33.0 Å². The van der Waals surface area contributed by atoms with E-state index in [1.807, 2.05) is 0 Å². The van der Waals surface area contributed by atoms with Gasteiger partial charge < -0.3 is 10.1 Å². The van der Waals surface area contributed by atoms with Gasteiger partial charge in [0.1, 0.15) is 12.4 Å². The first-order valence-corrected chi connectivity index (χ1v) is 9.69. The Morgan fingerprint density at radius 3 is 2.32 bits per heavy atom. The van der Waals surface area contributed by atoms with Crippen molar-refractivity contribution in [1.29, 1.82) is 0 Å². The zero-order chi connectivity index (χ0) is 19.3. The minimum Gasteiger partial charge on any atom is -0.489 e. The van der Waals surface area contributed by atoms with Crippen LogP contribution in [0.2, 0.25) is 0 Å². The van der Waals surface area contributed by atoms with Crippen LogP contribution in [-0.4, -0.2) is 0 Å². The van der Waals surface area contributed by atoms with Crippen LogP contribution in [0, 0.1) is 13.8 Å². The molecule has 0 aliphatic heterocycles. The van der Waals surface area contributed by atoms with Crippen molar-refractivity contribution in [1.82, 2.24) is 0 Å². The standard InChI is InChI=1S/C26H25NO/c1-19-11-14-23(15-12-19)27-17-25-24-10-6-5-8-21(24)13-16-26(25)28-18-22-9-4-3-7-20(22)2/h3-16,27H,17-18H2,1-2H3. The molecule has 140 valence electrons. The van der Waals surface area contributed by atoms with Gasteiger partial charge in [0.25, 0.3) is 0 Å². The molecule has 2 nitrogen and oxygen atoms in total. The van der Waals surface area contributed by atoms with Gasteiger partial charge in [0, 0.05) is 17.8 Å². The summed E-state index contributed by atoms with van der Waals surface area (Å²) in [7, 11) is 0. The molecule has 4 rings (SSSR count). The van der Waals surface area contributed by atoms with E-state index >= 15 is 0 Å². The quantitative estimate of drug-likeness (QED) is 0.412. The number of anilines is 1. The second-order valence-electron chi connectivity index (χ2n) is 7.20. The summed E-state index contributed by atoms with van der Waals surface area (Å²) in [6, 6.07) is 29.6. The largest absolute Gasteiger partial charge is 0.489 e. The molecule has 0 amide bonds. The molecule has 0 spiro atoms. The first kappa shape index (κ1) is 18.1. The maximum atomic E-state index is 6.28. The van der Waals surface area contributed by atoms with Gasteiger partial charge in [0.15, 0.2) is 0 Å². The lowest BCUT2D eigenvalue weighted by atomic mass is 10.0. The van der Waals surface area contributed by atoms with Crippen molar-refractivity contribution in [3.63, 3.8) is 0 Å². The van der Waals surface area contributed by atoms with E-state index in [4.69, 9.17) is 4.74 Å². The second kappa shape index (κ2) is 8.18. The monoisotopic (exact) mass is 367 g/mol. The molecule has 0 saturated carbocycles. The Morgan fingerprint density at radius 1 is 0.750 bits per heavy atom. The Balaban J connectivity index is 1.62. The van der Waals surface area contributed by atoms with Crippen molar-refractivity contribution in [2.75, 3.05) is 5.32 Å². The summed E-state index contributed by atoms with van der Waals surface area (Å²) in [4.78, 5) is 0. The van der Waals surface area contributed by atoms with Crippen molar-refractivity contribution < 1.29 is 4.74 Å². The highest BCUT2D eigenvalue weighted by molar-refractivity contribution is 5.88. The lowest BCUT2D eigenvalue weighted by molar-refractivity contribution is 0.303. The van der Waals surface area contributed by atoms with Crippen molar-refractivity contribution in [2.24, 2.45) is 0 Å². The summed E-state index contributed by atoms with van der Waals surface area (Å²) in [5, 5.41) is 6.00. The predicted octanol–water partition coefficient (Wildman–Crippen LogP) is 6.65. The summed E-state index contributed by atoms with van der Waals surface area (Å²) >= 11 is 0. The fourth-order valence-electron chi connectivity index (χ4n) is 3.42. The fraction of sp³-hybridized carbons (Fsp3) is 0.154. The zero-order valence-electron chi connectivity index (χ0n) is 16.4. The average molecular weight is 367 g/mol. The fourth-order valence-corrected chi connectivity index (χ4v) is 3.42. The third kappa shape index (κ3) is 4.01. The number of benzene rings is 4. The van der Waals surface area contributed by atoms with Crippen molar-refractivity contribution in [3.05, 3.63) is 107 Å². The Kier molecular flexibility index (Phi) is 5.29. The number of aryl methyl sites for hydroxylation is 2. The van der Waals surface area contributed by atoms with E-state index < -0.39 is 0 Å². The molecule has 0 fully saturated rings. The maximum absolute atomic E-state index is 6.28. The Labute approximate surface area is 166 Å². The molecular formula is C26H25NO. The number of fused-ring (bicyclic) bond motifs is 1. The molecule has 0 radical (unpaired) electrons. The molecule has 1 N–H and O–H groups in total. The summed E-state index contributed by atoms with van der Waals surface area (Å²) in [5.41, 5.74) is 6.03. The molecule has 0 bridgehead atoms. The lowest BCUT2D eigenvalue weighted by Crippen LogP contribution is -2.05. The van der Waals surface area contributed by atoms with Crippen molar-refractivity contribution >= 4 is 16.5 Å². The smallest absolute Gasteiger partial charge is 0.125 e. The van der Waals surface area contributed by atoms with Crippen LogP contribution < -0.4 is 10.1 Å². The molecule has 0 heterocycles. The van der Waals surface area contributed by atoms with E-state index in [0.717, 1.165) is 11.4 Å². The summed E-state index contributed by atoms with van der Waals surface area (Å²) in [5.74, 6) is 0.932. The van der Waals surface area contributed by atoms with E-state index in [1.54, 1.807) is 0 Å². The van der Waals surface area contributed by atoms with E-state index in [9.17, 15) is 0 Å². The van der Waals surface area contributed by atoms with Crippen LogP contribution >= 0.6 is 0 Å². The van der Waals surface area contributed by atoms with Crippen LogP contribution in [0.5, 0.6) is 5.75 Å². The molecule has 4 aromatic rings. The molecule has 0 aliphatic carbocycles. The van der Waals surface area contributed by atoms with Crippen LogP contribution in [0.4, 0.5) is 5.69 Å². The molecule has 0 aromatic heterocycles. The van der Waals surface area contributed by atoms with Gasteiger partial charge in [-0.2, -0.15) is 0 Å². The van der Waals surface area contributed by atoms with Crippen LogP contribution in [0.15, 0.2) is 84.9 Å². The number of rotatable bonds is 6. The van der Waals surface area contributed by atoms with Gasteiger partial charge in [-0.3, -0.25) is 0 Å². The number of ether oxygens (including phenoxy) is 1. The van der Waals surface area contributed by atoms with E-state index in [0.29, 0.717) is 13.2 Å². The van der Waals surface area contributed by atoms with E-state index in [-0.39, 0.29) is 0 Å². The SMILES string of the molecule is Cc1ccc(NCc2c(OCc3ccccc3C)ccc3ccccc23)cc1. The third-order valence-electron chi connectivity index (χ3n) is 5.16. The van der Waals surface area contributed by atoms with Crippen LogP contribution in [0.25, 0.3) is 10.8 Å². The number of hydrogen-bond donors (Lipinski definition) is 1. The van der Waals surface area contributed by atoms with E-state index in [2.05, 4.69) is 104 Å². The number of hydrogen-bond acceptors (Lipinski definition) is 2. The topological polar surface area (TPSA) is 21.3 Å². The van der Waals surface area contributed by atoms with Gasteiger partial charge in [0.2, 0.25) is 0 Å². The summed E-state index contributed by atoms with van der Waals surface area (Å²) in [6.07, 6.45) is 0. The molecule has 0 unspecified atom stereocenters. The highest BCUT2D eigenvalue weighted by Gasteiger charge is 2.10. The molecule has 0 aliphatic rings. The van der Waals surface area contributed by atoms with Gasteiger partial charge in [-0.25, -0.2) is 0 Å². The summed E-state index contributed by atoms with van der Waals surface area (Å²) in [6.45, 7) is 5.51. The Bertz CT molecular complexity index is 1080. The van der Waals surface area contributed by atoms with Gasteiger partial charge in [-0.1, -0.05) is 72.3 Å². The van der Waals surface area contributed by atoms with Gasteiger partial charge in [0.05, 0.1) is 0 Å². The highest BCUT2D eigenvalue weighted by atomic mass is 16.5. The first-order valence-electron chi connectivity index (χ1n) is 9.69. The van der Waals surface area contributed by atoms with Gasteiger partial charge in [-0.15, -0.1) is 0 Å². The predicted molar refractivity (Wildman–Crippen MR) is 118 cm³/mol. The Hall–Kier alpha value is -3.26. The van der Waals surface area contributed by atoms with Crippen LogP contribution in [-0.2, 0) is 13.2 Å². The normalized spacial score (nSPS) is 10.8. The minimum atomic E-state index is 0.572. The van der Waals surface area contributed by atoms with Gasteiger partial charge >= 0.3 is 0 Å². The van der Waals surface area contributed by atoms with Gasteiger partial charge in [-0.05, 0) is 53.9 Å². The number of nitrogens with one attached hydrogen (secondary N) is 1. The molecule has 2 heteroatoms. The maximum Gasteiger partial charge on any atom is 0.125 e. The minimum absolute atomic E-state index is 0.572. The average Bonchev–Trinajstić information content (AvgIpc) is 2.73. The highest BCUT2D eigenvalue weighted by Crippen LogP contribution is 2.30. The van der Waals surface area contributed by atoms with Crippen molar-refractivity contribution in [2.45, 2.75) is 27.0 Å². The lowest BCUT2D eigenvalue weighted by Gasteiger charge is -2.16. The third-order valence-corrected chi connectivity index (χ3v) is 5.16. The molecule has 4 aromatic carbocycles. The van der Waals surface area contributed by atoms with Crippen LogP contribution in [0.3, 0.4) is 0 Å². The molecule has 28 heavy (non-hydrogen) atoms. The van der Waals surface area contributed by atoms with Crippen molar-refractivity contribution in [3.8, 4) is 5.75 Å². The molecule has 0 atom stereocenters. The zero-order valence-corrected chi connectivity index (χ0v) is 16.4. The second-order valence-corrected chi connectivity index (χ2v) is 7.20. The van der Waals surface area contributed by atoms with Crippen LogP contribution in [0.1, 0.15) is 22.3 Å². The molecular weight excluding hydrogens is 342 g/mol. The Morgan fingerprint density at radius 2 is 1.50 bits per heavy atom. The first-order chi connectivity index (χ1) is 13.7.